The zero-order valence-electron chi connectivity index (χ0n) is 9.37. The first-order chi connectivity index (χ1) is 6.88. The van der Waals surface area contributed by atoms with Crippen molar-refractivity contribution in [3.63, 3.8) is 0 Å². The molecule has 0 aromatic heterocycles. The van der Waals surface area contributed by atoms with Gasteiger partial charge in [-0.25, -0.2) is 0 Å². The van der Waals surface area contributed by atoms with Crippen molar-refractivity contribution in [3.8, 4) is 0 Å². The van der Waals surface area contributed by atoms with Gasteiger partial charge in [-0.15, -0.1) is 0 Å². The molecule has 0 aliphatic carbocycles. The van der Waals surface area contributed by atoms with Gasteiger partial charge in [0.05, 0.1) is 0 Å². The van der Waals surface area contributed by atoms with Crippen LogP contribution in [0.25, 0.3) is 0 Å². The number of thioether (sulfide) groups is 1. The Kier molecular flexibility index (Phi) is 6.65. The van der Waals surface area contributed by atoms with Gasteiger partial charge in [0.1, 0.15) is 0 Å². The molecule has 0 saturated carbocycles. The molecule has 1 heterocycles. The van der Waals surface area contributed by atoms with Crippen molar-refractivity contribution < 1.29 is 0 Å². The molecule has 1 fully saturated rings. The highest BCUT2D eigenvalue weighted by Crippen LogP contribution is 2.15. The summed E-state index contributed by atoms with van der Waals surface area (Å²) >= 11 is 2.09. The van der Waals surface area contributed by atoms with Crippen molar-refractivity contribution in [3.05, 3.63) is 0 Å². The molecule has 1 atom stereocenters. The molecule has 2 N–H and O–H groups in total. The van der Waals surface area contributed by atoms with Crippen LogP contribution in [-0.4, -0.2) is 42.1 Å². The van der Waals surface area contributed by atoms with Gasteiger partial charge in [0, 0.05) is 24.9 Å². The molecule has 3 heteroatoms. The Bertz CT molecular complexity index is 133. The lowest BCUT2D eigenvalue weighted by Crippen LogP contribution is -2.41. The Morgan fingerprint density at radius 2 is 2.21 bits per heavy atom. The van der Waals surface area contributed by atoms with Crippen LogP contribution in [0.15, 0.2) is 0 Å². The second-order valence-electron chi connectivity index (χ2n) is 4.03. The molecular formula is C11H24N2S. The number of nitrogens with zero attached hydrogens (tertiary/aromatic N) is 1. The maximum Gasteiger partial charge on any atom is 0.0218 e. The lowest BCUT2D eigenvalue weighted by atomic mass is 10.1. The van der Waals surface area contributed by atoms with Gasteiger partial charge in [-0.05, 0) is 25.1 Å². The number of hydrogen-bond donors (Lipinski definition) is 1. The second kappa shape index (κ2) is 7.55. The van der Waals surface area contributed by atoms with E-state index in [0.717, 1.165) is 6.54 Å². The lowest BCUT2D eigenvalue weighted by molar-refractivity contribution is 0.202. The van der Waals surface area contributed by atoms with Crippen molar-refractivity contribution in [1.82, 2.24) is 4.90 Å². The van der Waals surface area contributed by atoms with Crippen LogP contribution in [0.1, 0.15) is 32.6 Å². The third kappa shape index (κ3) is 4.20. The third-order valence-corrected chi connectivity index (χ3v) is 3.98. The van der Waals surface area contributed by atoms with E-state index in [1.807, 2.05) is 0 Å². The first-order valence-corrected chi connectivity index (χ1v) is 7.05. The Morgan fingerprint density at radius 1 is 1.36 bits per heavy atom. The molecular weight excluding hydrogens is 192 g/mol. The molecule has 1 aliphatic heterocycles. The minimum atomic E-state index is 0.647. The predicted octanol–water partition coefficient (Wildman–Crippen LogP) is 1.94. The van der Waals surface area contributed by atoms with Crippen LogP contribution in [0.3, 0.4) is 0 Å². The molecule has 0 aromatic carbocycles. The number of nitrogens with two attached hydrogens (primary N) is 1. The van der Waals surface area contributed by atoms with E-state index in [1.165, 1.54) is 50.3 Å². The Hall–Kier alpha value is 0.270. The van der Waals surface area contributed by atoms with E-state index in [0.29, 0.717) is 6.04 Å². The molecule has 0 spiro atoms. The van der Waals surface area contributed by atoms with Crippen LogP contribution in [0.5, 0.6) is 0 Å². The quantitative estimate of drug-likeness (QED) is 0.761. The van der Waals surface area contributed by atoms with Crippen LogP contribution in [-0.2, 0) is 0 Å². The van der Waals surface area contributed by atoms with Crippen LogP contribution >= 0.6 is 11.8 Å². The molecule has 0 radical (unpaired) electrons. The predicted molar refractivity (Wildman–Crippen MR) is 65.9 cm³/mol. The minimum Gasteiger partial charge on any atom is -0.329 e. The van der Waals surface area contributed by atoms with Crippen molar-refractivity contribution in [2.75, 3.05) is 31.1 Å². The topological polar surface area (TPSA) is 29.3 Å². The molecule has 0 bridgehead atoms. The molecule has 2 nitrogen and oxygen atoms in total. The van der Waals surface area contributed by atoms with Crippen molar-refractivity contribution >= 4 is 11.8 Å². The normalized spacial score (nSPS) is 21.9. The van der Waals surface area contributed by atoms with E-state index >= 15 is 0 Å². The fraction of sp³-hybridized carbons (Fsp3) is 1.00. The monoisotopic (exact) mass is 216 g/mol. The van der Waals surface area contributed by atoms with Crippen molar-refractivity contribution in [1.29, 1.82) is 0 Å². The summed E-state index contributed by atoms with van der Waals surface area (Å²) in [6, 6.07) is 0.647. The zero-order valence-corrected chi connectivity index (χ0v) is 10.2. The van der Waals surface area contributed by atoms with Crippen molar-refractivity contribution in [2.24, 2.45) is 5.73 Å². The van der Waals surface area contributed by atoms with E-state index in [-0.39, 0.29) is 0 Å². The summed E-state index contributed by atoms with van der Waals surface area (Å²) in [6.45, 7) is 5.60. The molecule has 14 heavy (non-hydrogen) atoms. The fourth-order valence-corrected chi connectivity index (χ4v) is 2.92. The van der Waals surface area contributed by atoms with E-state index in [1.54, 1.807) is 0 Å². The standard InChI is InChI=1S/C11H24N2S/c1-2-3-5-11(10-12)13-6-4-8-14-9-7-13/h11H,2-10,12H2,1H3. The summed E-state index contributed by atoms with van der Waals surface area (Å²) in [5.41, 5.74) is 5.85. The molecule has 0 aromatic rings. The third-order valence-electron chi connectivity index (χ3n) is 2.94. The van der Waals surface area contributed by atoms with Crippen LogP contribution in [0, 0.1) is 0 Å². The Balaban J connectivity index is 2.32. The molecule has 0 amide bonds. The van der Waals surface area contributed by atoms with Gasteiger partial charge in [-0.3, -0.25) is 4.90 Å². The Morgan fingerprint density at radius 3 is 2.93 bits per heavy atom. The Labute approximate surface area is 92.6 Å². The molecule has 1 aliphatic rings. The maximum atomic E-state index is 5.85. The number of rotatable bonds is 5. The van der Waals surface area contributed by atoms with Crippen LogP contribution in [0.4, 0.5) is 0 Å². The average molecular weight is 216 g/mol. The minimum absolute atomic E-state index is 0.647. The summed E-state index contributed by atoms with van der Waals surface area (Å²) in [7, 11) is 0. The smallest absolute Gasteiger partial charge is 0.0218 e. The highest BCUT2D eigenvalue weighted by atomic mass is 32.2. The SMILES string of the molecule is CCCCC(CN)N1CCCSCC1. The van der Waals surface area contributed by atoms with E-state index < -0.39 is 0 Å². The lowest BCUT2D eigenvalue weighted by Gasteiger charge is -2.29. The van der Waals surface area contributed by atoms with Crippen molar-refractivity contribution in [2.45, 2.75) is 38.6 Å². The highest BCUT2D eigenvalue weighted by Gasteiger charge is 2.17. The van der Waals surface area contributed by atoms with Gasteiger partial charge < -0.3 is 5.73 Å². The van der Waals surface area contributed by atoms with Gasteiger partial charge in [0.25, 0.3) is 0 Å². The second-order valence-corrected chi connectivity index (χ2v) is 5.26. The van der Waals surface area contributed by atoms with E-state index in [2.05, 4.69) is 23.6 Å². The molecule has 1 rings (SSSR count). The van der Waals surface area contributed by atoms with E-state index in [9.17, 15) is 0 Å². The molecule has 84 valence electrons. The van der Waals surface area contributed by atoms with Gasteiger partial charge in [-0.2, -0.15) is 11.8 Å². The largest absolute Gasteiger partial charge is 0.329 e. The highest BCUT2D eigenvalue weighted by molar-refractivity contribution is 7.99. The van der Waals surface area contributed by atoms with Gasteiger partial charge in [0.2, 0.25) is 0 Å². The summed E-state index contributed by atoms with van der Waals surface area (Å²) in [6.07, 6.45) is 5.25. The number of unbranched alkanes of at least 4 members (excludes halogenated alkanes) is 1. The average Bonchev–Trinajstić information content (AvgIpc) is 2.48. The molecule has 1 unspecified atom stereocenters. The van der Waals surface area contributed by atoms with Crippen LogP contribution < -0.4 is 5.73 Å². The van der Waals surface area contributed by atoms with Gasteiger partial charge in [0.15, 0.2) is 0 Å². The van der Waals surface area contributed by atoms with Gasteiger partial charge >= 0.3 is 0 Å². The van der Waals surface area contributed by atoms with E-state index in [4.69, 9.17) is 5.73 Å². The number of hydrogen-bond acceptors (Lipinski definition) is 3. The summed E-state index contributed by atoms with van der Waals surface area (Å²) in [5.74, 6) is 2.63. The summed E-state index contributed by atoms with van der Waals surface area (Å²) in [4.78, 5) is 2.61. The fourth-order valence-electron chi connectivity index (χ4n) is 2.02. The van der Waals surface area contributed by atoms with Gasteiger partial charge in [-0.1, -0.05) is 19.8 Å². The molecule has 1 saturated heterocycles. The first-order valence-electron chi connectivity index (χ1n) is 5.90. The zero-order chi connectivity index (χ0) is 10.2. The van der Waals surface area contributed by atoms with Crippen LogP contribution in [0.2, 0.25) is 0 Å². The maximum absolute atomic E-state index is 5.85. The first kappa shape index (κ1) is 12.3. The summed E-state index contributed by atoms with van der Waals surface area (Å²) in [5, 5.41) is 0. The summed E-state index contributed by atoms with van der Waals surface area (Å²) < 4.78 is 0.